The molecular formula is C13H9NO3S. The minimum atomic E-state index is -1.07. The quantitative estimate of drug-likeness (QED) is 0.886. The third-order valence-electron chi connectivity index (χ3n) is 2.51. The van der Waals surface area contributed by atoms with E-state index in [9.17, 15) is 9.90 Å². The van der Waals surface area contributed by atoms with Crippen molar-refractivity contribution in [1.82, 2.24) is 0 Å². The Hall–Kier alpha value is -2.16. The molecule has 0 aliphatic heterocycles. The molecule has 0 aliphatic carbocycles. The Morgan fingerprint density at radius 1 is 1.39 bits per heavy atom. The summed E-state index contributed by atoms with van der Waals surface area (Å²) in [6.45, 7) is 0. The van der Waals surface area contributed by atoms with Crippen LogP contribution in [0, 0.1) is 11.3 Å². The number of thiophene rings is 1. The van der Waals surface area contributed by atoms with Gasteiger partial charge in [0, 0.05) is 0 Å². The van der Waals surface area contributed by atoms with Crippen molar-refractivity contribution in [3.8, 4) is 6.07 Å². The maximum absolute atomic E-state index is 11.0. The summed E-state index contributed by atoms with van der Waals surface area (Å²) < 4.78 is 0. The maximum Gasteiger partial charge on any atom is 0.336 e. The zero-order valence-electron chi connectivity index (χ0n) is 9.20. The van der Waals surface area contributed by atoms with Crippen LogP contribution < -0.4 is 0 Å². The standard InChI is InChI=1S/C13H9NO3S/c14-7-8-2-1-3-9(6-8)11(15)12-10(13(16)17)4-5-18-12/h1-6,11,15H,(H,16,17). The van der Waals surface area contributed by atoms with E-state index >= 15 is 0 Å². The van der Waals surface area contributed by atoms with Gasteiger partial charge in [-0.3, -0.25) is 0 Å². The van der Waals surface area contributed by atoms with Gasteiger partial charge in [0.25, 0.3) is 0 Å². The van der Waals surface area contributed by atoms with Gasteiger partial charge in [0.15, 0.2) is 0 Å². The molecule has 0 bridgehead atoms. The van der Waals surface area contributed by atoms with Crippen molar-refractivity contribution in [3.63, 3.8) is 0 Å². The van der Waals surface area contributed by atoms with Crippen LogP contribution in [-0.2, 0) is 0 Å². The van der Waals surface area contributed by atoms with Crippen molar-refractivity contribution in [3.05, 3.63) is 57.3 Å². The van der Waals surface area contributed by atoms with Gasteiger partial charge in [-0.2, -0.15) is 5.26 Å². The molecule has 0 amide bonds. The number of benzene rings is 1. The molecule has 2 rings (SSSR count). The molecule has 5 heteroatoms. The monoisotopic (exact) mass is 259 g/mol. The second-order valence-electron chi connectivity index (χ2n) is 3.64. The summed E-state index contributed by atoms with van der Waals surface area (Å²) in [7, 11) is 0. The van der Waals surface area contributed by atoms with Gasteiger partial charge in [-0.25, -0.2) is 4.79 Å². The lowest BCUT2D eigenvalue weighted by atomic mass is 10.0. The average Bonchev–Trinajstić information content (AvgIpc) is 2.87. The van der Waals surface area contributed by atoms with E-state index in [1.807, 2.05) is 6.07 Å². The van der Waals surface area contributed by atoms with E-state index in [2.05, 4.69) is 0 Å². The van der Waals surface area contributed by atoms with Crippen LogP contribution in [0.5, 0.6) is 0 Å². The van der Waals surface area contributed by atoms with Gasteiger partial charge in [0.05, 0.1) is 22.1 Å². The van der Waals surface area contributed by atoms with Crippen LogP contribution in [-0.4, -0.2) is 16.2 Å². The van der Waals surface area contributed by atoms with Crippen LogP contribution in [0.15, 0.2) is 35.7 Å². The second kappa shape index (κ2) is 5.00. The molecule has 90 valence electrons. The minimum absolute atomic E-state index is 0.0925. The number of nitrogens with zero attached hydrogens (tertiary/aromatic N) is 1. The zero-order valence-corrected chi connectivity index (χ0v) is 10.0. The van der Waals surface area contributed by atoms with E-state index in [1.165, 1.54) is 17.4 Å². The van der Waals surface area contributed by atoms with E-state index in [-0.39, 0.29) is 5.56 Å². The van der Waals surface area contributed by atoms with Crippen molar-refractivity contribution in [2.75, 3.05) is 0 Å². The summed E-state index contributed by atoms with van der Waals surface area (Å²) in [5.41, 5.74) is 1.04. The van der Waals surface area contributed by atoms with Crippen LogP contribution in [0.4, 0.5) is 0 Å². The van der Waals surface area contributed by atoms with Crippen LogP contribution >= 0.6 is 11.3 Å². The van der Waals surface area contributed by atoms with Crippen LogP contribution in [0.1, 0.15) is 32.5 Å². The highest BCUT2D eigenvalue weighted by Crippen LogP contribution is 2.30. The molecule has 1 aromatic heterocycles. The zero-order chi connectivity index (χ0) is 13.1. The first kappa shape index (κ1) is 12.3. The van der Waals surface area contributed by atoms with Gasteiger partial charge in [-0.1, -0.05) is 12.1 Å². The SMILES string of the molecule is N#Cc1cccc(C(O)c2sccc2C(=O)O)c1. The molecule has 2 aromatic rings. The van der Waals surface area contributed by atoms with Gasteiger partial charge < -0.3 is 10.2 Å². The fraction of sp³-hybridized carbons (Fsp3) is 0.0769. The Bertz CT molecular complexity index is 627. The lowest BCUT2D eigenvalue weighted by Gasteiger charge is -2.10. The minimum Gasteiger partial charge on any atom is -0.478 e. The van der Waals surface area contributed by atoms with Gasteiger partial charge >= 0.3 is 5.97 Å². The summed E-state index contributed by atoms with van der Waals surface area (Å²) >= 11 is 1.18. The normalized spacial score (nSPS) is 11.8. The highest BCUT2D eigenvalue weighted by molar-refractivity contribution is 7.10. The van der Waals surface area contributed by atoms with Crippen molar-refractivity contribution in [2.24, 2.45) is 0 Å². The number of aliphatic hydroxyl groups is 1. The fourth-order valence-electron chi connectivity index (χ4n) is 1.64. The Kier molecular flexibility index (Phi) is 3.42. The van der Waals surface area contributed by atoms with Crippen molar-refractivity contribution < 1.29 is 15.0 Å². The number of aliphatic hydroxyl groups excluding tert-OH is 1. The number of carboxylic acid groups (broad SMARTS) is 1. The molecule has 1 heterocycles. The lowest BCUT2D eigenvalue weighted by molar-refractivity contribution is 0.0692. The molecule has 2 N–H and O–H groups in total. The highest BCUT2D eigenvalue weighted by atomic mass is 32.1. The molecule has 18 heavy (non-hydrogen) atoms. The van der Waals surface area contributed by atoms with Gasteiger partial charge in [-0.15, -0.1) is 11.3 Å². The summed E-state index contributed by atoms with van der Waals surface area (Å²) in [4.78, 5) is 11.4. The fourth-order valence-corrected chi connectivity index (χ4v) is 2.54. The number of nitriles is 1. The molecule has 0 fully saturated rings. The van der Waals surface area contributed by atoms with Crippen LogP contribution in [0.2, 0.25) is 0 Å². The van der Waals surface area contributed by atoms with E-state index in [0.29, 0.717) is 16.0 Å². The Balaban J connectivity index is 2.42. The molecular weight excluding hydrogens is 250 g/mol. The van der Waals surface area contributed by atoms with Crippen molar-refractivity contribution in [1.29, 1.82) is 5.26 Å². The number of aromatic carboxylic acids is 1. The number of hydrogen-bond acceptors (Lipinski definition) is 4. The van der Waals surface area contributed by atoms with Crippen molar-refractivity contribution >= 4 is 17.3 Å². The number of rotatable bonds is 3. The molecule has 0 spiro atoms. The first-order valence-corrected chi connectivity index (χ1v) is 6.00. The van der Waals surface area contributed by atoms with Gasteiger partial charge in [-0.05, 0) is 29.1 Å². The van der Waals surface area contributed by atoms with Crippen LogP contribution in [0.3, 0.4) is 0 Å². The topological polar surface area (TPSA) is 81.3 Å². The molecule has 4 nitrogen and oxygen atoms in total. The second-order valence-corrected chi connectivity index (χ2v) is 4.59. The average molecular weight is 259 g/mol. The molecule has 1 aromatic carbocycles. The molecule has 1 atom stereocenters. The molecule has 1 unspecified atom stereocenters. The predicted molar refractivity (Wildman–Crippen MR) is 66.5 cm³/mol. The first-order valence-electron chi connectivity index (χ1n) is 5.12. The summed E-state index contributed by atoms with van der Waals surface area (Å²) in [5.74, 6) is -1.07. The number of carboxylic acids is 1. The molecule has 0 saturated carbocycles. The van der Waals surface area contributed by atoms with E-state index in [4.69, 9.17) is 10.4 Å². The van der Waals surface area contributed by atoms with Crippen molar-refractivity contribution in [2.45, 2.75) is 6.10 Å². The third-order valence-corrected chi connectivity index (χ3v) is 3.47. The smallest absolute Gasteiger partial charge is 0.336 e. The van der Waals surface area contributed by atoms with E-state index < -0.39 is 12.1 Å². The van der Waals surface area contributed by atoms with E-state index in [0.717, 1.165) is 0 Å². The summed E-state index contributed by atoms with van der Waals surface area (Å²) in [5, 5.41) is 29.6. The third kappa shape index (κ3) is 2.25. The highest BCUT2D eigenvalue weighted by Gasteiger charge is 2.20. The summed E-state index contributed by atoms with van der Waals surface area (Å²) in [6, 6.07) is 9.94. The van der Waals surface area contributed by atoms with Gasteiger partial charge in [0.1, 0.15) is 6.10 Å². The number of carbonyl (C=O) groups is 1. The molecule has 0 radical (unpaired) electrons. The molecule has 0 aliphatic rings. The Morgan fingerprint density at radius 3 is 2.83 bits per heavy atom. The van der Waals surface area contributed by atoms with E-state index in [1.54, 1.807) is 29.6 Å². The Labute approximate surface area is 107 Å². The van der Waals surface area contributed by atoms with Gasteiger partial charge in [0.2, 0.25) is 0 Å². The maximum atomic E-state index is 11.0. The Morgan fingerprint density at radius 2 is 2.17 bits per heavy atom. The van der Waals surface area contributed by atoms with Crippen LogP contribution in [0.25, 0.3) is 0 Å². The molecule has 0 saturated heterocycles. The predicted octanol–water partition coefficient (Wildman–Crippen LogP) is 2.40. The first-order chi connectivity index (χ1) is 8.63. The number of hydrogen-bond donors (Lipinski definition) is 2. The largest absolute Gasteiger partial charge is 0.478 e. The summed E-state index contributed by atoms with van der Waals surface area (Å²) in [6.07, 6.45) is -1.02. The lowest BCUT2D eigenvalue weighted by Crippen LogP contribution is -2.04.